The second-order valence-electron chi connectivity index (χ2n) is 8.38. The standard InChI is InChI=1S/C25H26N4OS/c1-16-12-13-19(17(2)14-16)23-26-21-11-7-6-10-20(21)22-24(30-23)27-25(29-28-22)31-15-18-8-4-3-5-9-18/h3-12,17,19,23,26H,13-15H2,1-2H3/t17-,19-,23+/m0/s1. The van der Waals surface area contributed by atoms with Crippen LogP contribution in [0.5, 0.6) is 5.88 Å². The Labute approximate surface area is 187 Å². The van der Waals surface area contributed by atoms with Crippen molar-refractivity contribution in [1.82, 2.24) is 15.2 Å². The van der Waals surface area contributed by atoms with Crippen molar-refractivity contribution in [3.05, 3.63) is 71.8 Å². The van der Waals surface area contributed by atoms with Crippen LogP contribution in [0.25, 0.3) is 11.3 Å². The molecular weight excluding hydrogens is 404 g/mol. The normalized spacial score (nSPS) is 22.3. The Morgan fingerprint density at radius 2 is 1.87 bits per heavy atom. The first-order chi connectivity index (χ1) is 15.2. The van der Waals surface area contributed by atoms with Gasteiger partial charge in [-0.25, -0.2) is 0 Å². The van der Waals surface area contributed by atoms with Crippen molar-refractivity contribution in [2.75, 3.05) is 5.32 Å². The molecule has 0 spiro atoms. The largest absolute Gasteiger partial charge is 0.452 e. The number of benzene rings is 2. The molecule has 3 atom stereocenters. The molecule has 2 heterocycles. The number of nitrogens with zero attached hydrogens (tertiary/aromatic N) is 3. The molecule has 2 aliphatic rings. The minimum Gasteiger partial charge on any atom is -0.452 e. The highest BCUT2D eigenvalue weighted by Crippen LogP contribution is 2.40. The molecule has 0 fully saturated rings. The number of rotatable bonds is 4. The Bertz CT molecular complexity index is 1100. The lowest BCUT2D eigenvalue weighted by atomic mass is 9.80. The van der Waals surface area contributed by atoms with Crippen LogP contribution in [0, 0.1) is 11.8 Å². The van der Waals surface area contributed by atoms with Gasteiger partial charge >= 0.3 is 0 Å². The number of thioether (sulfide) groups is 1. The molecule has 0 saturated heterocycles. The van der Waals surface area contributed by atoms with Crippen molar-refractivity contribution in [3.8, 4) is 17.1 Å². The van der Waals surface area contributed by atoms with Gasteiger partial charge in [0.15, 0.2) is 11.9 Å². The summed E-state index contributed by atoms with van der Waals surface area (Å²) >= 11 is 1.58. The van der Waals surface area contributed by atoms with Crippen LogP contribution < -0.4 is 10.1 Å². The molecule has 3 aromatic rings. The van der Waals surface area contributed by atoms with E-state index in [1.807, 2.05) is 30.3 Å². The molecule has 1 aliphatic heterocycles. The van der Waals surface area contributed by atoms with Crippen molar-refractivity contribution < 1.29 is 4.74 Å². The van der Waals surface area contributed by atoms with Gasteiger partial charge in [0.05, 0.1) is 0 Å². The first-order valence-electron chi connectivity index (χ1n) is 10.8. The van der Waals surface area contributed by atoms with Crippen LogP contribution >= 0.6 is 11.8 Å². The molecule has 5 nitrogen and oxygen atoms in total. The van der Waals surface area contributed by atoms with E-state index in [1.54, 1.807) is 11.8 Å². The van der Waals surface area contributed by atoms with Gasteiger partial charge in [-0.1, -0.05) is 78.9 Å². The summed E-state index contributed by atoms with van der Waals surface area (Å²) in [6.45, 7) is 4.52. The van der Waals surface area contributed by atoms with E-state index in [0.717, 1.165) is 29.8 Å². The molecule has 0 unspecified atom stereocenters. The summed E-state index contributed by atoms with van der Waals surface area (Å²) in [5.41, 5.74) is 5.39. The number of fused-ring (bicyclic) bond motifs is 3. The van der Waals surface area contributed by atoms with Crippen LogP contribution in [0.15, 0.2) is 71.4 Å². The lowest BCUT2D eigenvalue weighted by Gasteiger charge is -2.34. The highest BCUT2D eigenvalue weighted by molar-refractivity contribution is 7.98. The molecule has 1 N–H and O–H groups in total. The summed E-state index contributed by atoms with van der Waals surface area (Å²) in [6.07, 6.45) is 4.27. The van der Waals surface area contributed by atoms with Crippen LogP contribution in [0.3, 0.4) is 0 Å². The molecular formula is C25H26N4OS. The average molecular weight is 431 g/mol. The maximum atomic E-state index is 6.51. The number of hydrogen-bond donors (Lipinski definition) is 1. The van der Waals surface area contributed by atoms with E-state index in [9.17, 15) is 0 Å². The minimum absolute atomic E-state index is 0.162. The molecule has 0 amide bonds. The fourth-order valence-electron chi connectivity index (χ4n) is 4.38. The molecule has 6 heteroatoms. The summed E-state index contributed by atoms with van der Waals surface area (Å²) in [5, 5.41) is 13.2. The molecule has 0 radical (unpaired) electrons. The molecule has 1 aromatic heterocycles. The summed E-state index contributed by atoms with van der Waals surface area (Å²) in [4.78, 5) is 4.78. The van der Waals surface area contributed by atoms with E-state index in [0.29, 0.717) is 28.6 Å². The molecule has 0 saturated carbocycles. The maximum Gasteiger partial charge on any atom is 0.247 e. The van der Waals surface area contributed by atoms with Crippen LogP contribution in [0.2, 0.25) is 0 Å². The number of ether oxygens (including phenoxy) is 1. The minimum atomic E-state index is -0.162. The van der Waals surface area contributed by atoms with E-state index >= 15 is 0 Å². The molecule has 2 aromatic carbocycles. The Morgan fingerprint density at radius 1 is 1.06 bits per heavy atom. The number of nitrogens with one attached hydrogen (secondary N) is 1. The van der Waals surface area contributed by atoms with Crippen molar-refractivity contribution in [3.63, 3.8) is 0 Å². The molecule has 31 heavy (non-hydrogen) atoms. The Hall–Kier alpha value is -2.86. The van der Waals surface area contributed by atoms with Gasteiger partial charge in [-0.15, -0.1) is 10.2 Å². The second kappa shape index (κ2) is 8.71. The van der Waals surface area contributed by atoms with Gasteiger partial charge in [-0.05, 0) is 37.3 Å². The molecule has 0 bridgehead atoms. The van der Waals surface area contributed by atoms with Gasteiger partial charge in [0.2, 0.25) is 11.0 Å². The van der Waals surface area contributed by atoms with E-state index < -0.39 is 0 Å². The van der Waals surface area contributed by atoms with Crippen LogP contribution in [0.1, 0.15) is 32.3 Å². The van der Waals surface area contributed by atoms with E-state index in [4.69, 9.17) is 9.72 Å². The van der Waals surface area contributed by atoms with Gasteiger partial charge in [-0.3, -0.25) is 0 Å². The van der Waals surface area contributed by atoms with Gasteiger partial charge in [0, 0.05) is 22.9 Å². The summed E-state index contributed by atoms with van der Waals surface area (Å²) < 4.78 is 6.51. The SMILES string of the molecule is CC1=CC[C@H]([C@@H]2Nc3ccccc3-c3nnc(SCc4ccccc4)nc3O2)[C@@H](C)C1. The number of hydrogen-bond acceptors (Lipinski definition) is 6. The number of anilines is 1. The van der Waals surface area contributed by atoms with E-state index in [2.05, 4.69) is 59.7 Å². The monoisotopic (exact) mass is 430 g/mol. The maximum absolute atomic E-state index is 6.51. The fraction of sp³-hybridized carbons (Fsp3) is 0.320. The van der Waals surface area contributed by atoms with Crippen molar-refractivity contribution in [2.45, 2.75) is 43.8 Å². The van der Waals surface area contributed by atoms with Crippen LogP contribution in [0.4, 0.5) is 5.69 Å². The summed E-state index contributed by atoms with van der Waals surface area (Å²) in [6, 6.07) is 18.5. The van der Waals surface area contributed by atoms with Crippen molar-refractivity contribution in [2.24, 2.45) is 11.8 Å². The van der Waals surface area contributed by atoms with E-state index in [1.165, 1.54) is 11.1 Å². The van der Waals surface area contributed by atoms with E-state index in [-0.39, 0.29) is 6.23 Å². The Morgan fingerprint density at radius 3 is 2.71 bits per heavy atom. The first-order valence-corrected chi connectivity index (χ1v) is 11.8. The molecule has 158 valence electrons. The summed E-state index contributed by atoms with van der Waals surface area (Å²) in [5.74, 6) is 2.24. The topological polar surface area (TPSA) is 59.9 Å². The highest BCUT2D eigenvalue weighted by Gasteiger charge is 2.34. The lowest BCUT2D eigenvalue weighted by molar-refractivity contribution is 0.114. The van der Waals surface area contributed by atoms with Gasteiger partial charge in [0.25, 0.3) is 0 Å². The van der Waals surface area contributed by atoms with Crippen molar-refractivity contribution in [1.29, 1.82) is 0 Å². The van der Waals surface area contributed by atoms with Crippen molar-refractivity contribution >= 4 is 17.4 Å². The fourth-order valence-corrected chi connectivity index (χ4v) is 5.11. The number of para-hydroxylation sites is 1. The zero-order chi connectivity index (χ0) is 21.2. The third kappa shape index (κ3) is 4.30. The van der Waals surface area contributed by atoms with Crippen LogP contribution in [-0.2, 0) is 5.75 Å². The van der Waals surface area contributed by atoms with Gasteiger partial charge in [-0.2, -0.15) is 4.98 Å². The summed E-state index contributed by atoms with van der Waals surface area (Å²) in [7, 11) is 0. The third-order valence-electron chi connectivity index (χ3n) is 6.07. The van der Waals surface area contributed by atoms with Crippen LogP contribution in [-0.4, -0.2) is 21.4 Å². The average Bonchev–Trinajstić information content (AvgIpc) is 2.95. The zero-order valence-corrected chi connectivity index (χ0v) is 18.6. The lowest BCUT2D eigenvalue weighted by Crippen LogP contribution is -2.39. The van der Waals surface area contributed by atoms with Gasteiger partial charge in [0.1, 0.15) is 0 Å². The predicted molar refractivity (Wildman–Crippen MR) is 125 cm³/mol. The van der Waals surface area contributed by atoms with Gasteiger partial charge < -0.3 is 10.1 Å². The third-order valence-corrected chi connectivity index (χ3v) is 6.98. The Kier molecular flexibility index (Phi) is 5.64. The number of allylic oxidation sites excluding steroid dienone is 2. The number of aromatic nitrogens is 3. The molecule has 1 aliphatic carbocycles. The zero-order valence-electron chi connectivity index (χ0n) is 17.8. The Balaban J connectivity index is 1.46. The predicted octanol–water partition coefficient (Wildman–Crippen LogP) is 5.95. The second-order valence-corrected chi connectivity index (χ2v) is 9.32. The quantitative estimate of drug-likeness (QED) is 0.407. The first kappa shape index (κ1) is 20.1. The smallest absolute Gasteiger partial charge is 0.247 e. The highest BCUT2D eigenvalue weighted by atomic mass is 32.2. The molecule has 5 rings (SSSR count).